The number of amides is 2. The highest BCUT2D eigenvalue weighted by molar-refractivity contribution is 7.18. The van der Waals surface area contributed by atoms with Crippen molar-refractivity contribution < 1.29 is 28.3 Å². The first-order valence-corrected chi connectivity index (χ1v) is 9.80. The van der Waals surface area contributed by atoms with Gasteiger partial charge in [0.1, 0.15) is 10.6 Å². The molecule has 0 aliphatic carbocycles. The van der Waals surface area contributed by atoms with Gasteiger partial charge in [-0.2, -0.15) is 0 Å². The Hall–Kier alpha value is -3.59. The van der Waals surface area contributed by atoms with Crippen LogP contribution in [0.3, 0.4) is 0 Å². The molecule has 0 atom stereocenters. The van der Waals surface area contributed by atoms with E-state index in [9.17, 15) is 14.4 Å². The summed E-state index contributed by atoms with van der Waals surface area (Å²) in [6, 6.07) is 12.1. The largest absolute Gasteiger partial charge is 0.496 e. The van der Waals surface area contributed by atoms with Crippen molar-refractivity contribution in [3.8, 4) is 5.75 Å². The Morgan fingerprint density at radius 1 is 1.13 bits per heavy atom. The van der Waals surface area contributed by atoms with Gasteiger partial charge in [-0.15, -0.1) is 11.3 Å². The van der Waals surface area contributed by atoms with Crippen LogP contribution in [-0.2, 0) is 16.1 Å². The van der Waals surface area contributed by atoms with Crippen molar-refractivity contribution in [3.63, 3.8) is 0 Å². The molecule has 30 heavy (non-hydrogen) atoms. The number of methoxy groups -OCH3 is 1. The van der Waals surface area contributed by atoms with E-state index in [-0.39, 0.29) is 12.3 Å². The van der Waals surface area contributed by atoms with E-state index < -0.39 is 24.4 Å². The van der Waals surface area contributed by atoms with E-state index >= 15 is 0 Å². The first-order chi connectivity index (χ1) is 14.5. The maximum Gasteiger partial charge on any atom is 0.349 e. The lowest BCUT2D eigenvalue weighted by atomic mass is 10.2. The zero-order valence-electron chi connectivity index (χ0n) is 16.4. The normalized spacial score (nSPS) is 10.3. The van der Waals surface area contributed by atoms with Crippen LogP contribution in [0.2, 0.25) is 0 Å². The molecule has 0 bridgehead atoms. The quantitative estimate of drug-likeness (QED) is 0.533. The minimum Gasteiger partial charge on any atom is -0.496 e. The van der Waals surface area contributed by atoms with Gasteiger partial charge in [-0.05, 0) is 36.8 Å². The molecular formula is C21H20N2O6S. The third kappa shape index (κ3) is 5.26. The fourth-order valence-electron chi connectivity index (χ4n) is 2.62. The Bertz CT molecular complexity index is 1040. The molecule has 0 saturated heterocycles. The van der Waals surface area contributed by atoms with Crippen molar-refractivity contribution in [2.45, 2.75) is 13.5 Å². The van der Waals surface area contributed by atoms with Crippen LogP contribution in [0.15, 0.2) is 53.1 Å². The molecule has 0 spiro atoms. The number of benzene rings is 1. The Labute approximate surface area is 176 Å². The fourth-order valence-corrected chi connectivity index (χ4v) is 3.58. The van der Waals surface area contributed by atoms with Crippen LogP contribution in [0, 0.1) is 6.92 Å². The maximum absolute atomic E-state index is 12.3. The van der Waals surface area contributed by atoms with Crippen molar-refractivity contribution in [1.29, 1.82) is 0 Å². The summed E-state index contributed by atoms with van der Waals surface area (Å²) < 4.78 is 15.4. The molecule has 2 aromatic heterocycles. The van der Waals surface area contributed by atoms with E-state index in [1.165, 1.54) is 12.3 Å². The monoisotopic (exact) mass is 428 g/mol. The predicted octanol–water partition coefficient (Wildman–Crippen LogP) is 3.38. The van der Waals surface area contributed by atoms with Gasteiger partial charge in [-0.3, -0.25) is 9.59 Å². The fraction of sp³-hybridized carbons (Fsp3) is 0.190. The number of furan rings is 1. The Morgan fingerprint density at radius 2 is 1.93 bits per heavy atom. The lowest BCUT2D eigenvalue weighted by Gasteiger charge is -2.09. The van der Waals surface area contributed by atoms with Crippen molar-refractivity contribution in [2.75, 3.05) is 19.0 Å². The van der Waals surface area contributed by atoms with Gasteiger partial charge in [0.2, 0.25) is 0 Å². The van der Waals surface area contributed by atoms with Crippen molar-refractivity contribution in [2.24, 2.45) is 0 Å². The third-order valence-electron chi connectivity index (χ3n) is 4.09. The first kappa shape index (κ1) is 21.1. The van der Waals surface area contributed by atoms with Crippen LogP contribution >= 0.6 is 11.3 Å². The average Bonchev–Trinajstić information content (AvgIpc) is 3.40. The first-order valence-electron chi connectivity index (χ1n) is 8.99. The topological polar surface area (TPSA) is 107 Å². The van der Waals surface area contributed by atoms with Crippen LogP contribution in [0.1, 0.15) is 31.4 Å². The van der Waals surface area contributed by atoms with E-state index in [2.05, 4.69) is 10.6 Å². The molecule has 0 saturated carbocycles. The summed E-state index contributed by atoms with van der Waals surface area (Å²) in [4.78, 5) is 36.7. The minimum atomic E-state index is -0.636. The smallest absolute Gasteiger partial charge is 0.349 e. The number of carbonyl (C=O) groups is 3. The zero-order chi connectivity index (χ0) is 21.5. The molecule has 156 valence electrons. The number of hydrogen-bond donors (Lipinski definition) is 2. The van der Waals surface area contributed by atoms with Gasteiger partial charge < -0.3 is 24.5 Å². The summed E-state index contributed by atoms with van der Waals surface area (Å²) in [6.45, 7) is 1.55. The second-order valence-electron chi connectivity index (χ2n) is 6.22. The van der Waals surface area contributed by atoms with E-state index in [0.29, 0.717) is 21.2 Å². The Morgan fingerprint density at radius 3 is 2.67 bits per heavy atom. The molecule has 0 radical (unpaired) electrons. The van der Waals surface area contributed by atoms with Crippen LogP contribution in [0.25, 0.3) is 0 Å². The second kappa shape index (κ2) is 9.75. The number of ether oxygens (including phenoxy) is 2. The SMILES string of the molecule is COc1ccccc1CNC(=O)COC(=O)c1sc(NC(=O)c2ccco2)cc1C. The van der Waals surface area contributed by atoms with Crippen LogP contribution in [0.5, 0.6) is 5.75 Å². The van der Waals surface area contributed by atoms with E-state index in [1.807, 2.05) is 18.2 Å². The summed E-state index contributed by atoms with van der Waals surface area (Å²) >= 11 is 1.06. The molecule has 2 N–H and O–H groups in total. The van der Waals surface area contributed by atoms with Crippen molar-refractivity contribution in [1.82, 2.24) is 5.32 Å². The number of esters is 1. The highest BCUT2D eigenvalue weighted by Gasteiger charge is 2.18. The average molecular weight is 428 g/mol. The van der Waals surface area contributed by atoms with Gasteiger partial charge >= 0.3 is 5.97 Å². The van der Waals surface area contributed by atoms with Gasteiger partial charge in [0.15, 0.2) is 12.4 Å². The van der Waals surface area contributed by atoms with Crippen LogP contribution in [0.4, 0.5) is 5.00 Å². The molecule has 3 aromatic rings. The number of para-hydroxylation sites is 1. The third-order valence-corrected chi connectivity index (χ3v) is 5.22. The number of thiophene rings is 1. The number of rotatable bonds is 8. The number of hydrogen-bond acceptors (Lipinski definition) is 7. The van der Waals surface area contributed by atoms with Gasteiger partial charge in [0.25, 0.3) is 11.8 Å². The highest BCUT2D eigenvalue weighted by Crippen LogP contribution is 2.27. The van der Waals surface area contributed by atoms with Gasteiger partial charge in [-0.25, -0.2) is 4.79 Å². The zero-order valence-corrected chi connectivity index (χ0v) is 17.2. The van der Waals surface area contributed by atoms with Crippen LogP contribution in [-0.4, -0.2) is 31.5 Å². The molecule has 8 nitrogen and oxygen atoms in total. The number of carbonyl (C=O) groups excluding carboxylic acids is 3. The number of aryl methyl sites for hydroxylation is 1. The molecule has 2 amide bonds. The van der Waals surface area contributed by atoms with Gasteiger partial charge in [0.05, 0.1) is 18.4 Å². The van der Waals surface area contributed by atoms with E-state index in [0.717, 1.165) is 16.9 Å². The van der Waals surface area contributed by atoms with E-state index in [4.69, 9.17) is 13.9 Å². The molecule has 9 heteroatoms. The highest BCUT2D eigenvalue weighted by atomic mass is 32.1. The molecule has 0 aliphatic heterocycles. The second-order valence-corrected chi connectivity index (χ2v) is 7.27. The Kier molecular flexibility index (Phi) is 6.87. The lowest BCUT2D eigenvalue weighted by molar-refractivity contribution is -0.124. The molecule has 1 aromatic carbocycles. The maximum atomic E-state index is 12.3. The summed E-state index contributed by atoms with van der Waals surface area (Å²) in [5.41, 5.74) is 1.44. The van der Waals surface area contributed by atoms with Gasteiger partial charge in [0, 0.05) is 12.1 Å². The van der Waals surface area contributed by atoms with Crippen molar-refractivity contribution >= 4 is 34.1 Å². The summed E-state index contributed by atoms with van der Waals surface area (Å²) in [7, 11) is 1.55. The standard InChI is InChI=1S/C21H20N2O6S/c1-13-10-18(23-20(25)16-8-5-9-28-16)30-19(13)21(26)29-12-17(24)22-11-14-6-3-4-7-15(14)27-2/h3-10H,11-12H2,1-2H3,(H,22,24)(H,23,25). The van der Waals surface area contributed by atoms with Gasteiger partial charge in [-0.1, -0.05) is 18.2 Å². The Balaban J connectivity index is 1.51. The predicted molar refractivity (Wildman–Crippen MR) is 111 cm³/mol. The van der Waals surface area contributed by atoms with Crippen LogP contribution < -0.4 is 15.4 Å². The molecule has 0 unspecified atom stereocenters. The number of nitrogens with one attached hydrogen (secondary N) is 2. The number of anilines is 1. The molecule has 0 aliphatic rings. The summed E-state index contributed by atoms with van der Waals surface area (Å²) in [6.07, 6.45) is 1.40. The lowest BCUT2D eigenvalue weighted by Crippen LogP contribution is -2.28. The molecule has 2 heterocycles. The van der Waals surface area contributed by atoms with Crippen molar-refractivity contribution in [3.05, 3.63) is 70.5 Å². The van der Waals surface area contributed by atoms with E-state index in [1.54, 1.807) is 32.2 Å². The molecular weight excluding hydrogens is 408 g/mol. The minimum absolute atomic E-state index is 0.164. The molecule has 0 fully saturated rings. The summed E-state index contributed by atoms with van der Waals surface area (Å²) in [5.74, 6) is -0.667. The summed E-state index contributed by atoms with van der Waals surface area (Å²) in [5, 5.41) is 5.82. The molecule has 3 rings (SSSR count).